The van der Waals surface area contributed by atoms with Gasteiger partial charge in [-0.25, -0.2) is 4.98 Å². The molecule has 0 saturated carbocycles. The van der Waals surface area contributed by atoms with Gasteiger partial charge in [0.15, 0.2) is 0 Å². The number of nitro benzene ring substituents is 1. The standard InChI is InChI=1S/C17H18N4O2/c18-11-3-4-12-20-16-6-2-1-5-15(16)19-17(20)13-7-9-14(10-8-13)21(22)23/h1-2,5-10H,3-4,11-12,18H2. The first-order valence-electron chi connectivity index (χ1n) is 7.61. The number of para-hydroxylation sites is 2. The van der Waals surface area contributed by atoms with Crippen molar-refractivity contribution in [1.29, 1.82) is 0 Å². The zero-order chi connectivity index (χ0) is 16.2. The number of hydrogen-bond acceptors (Lipinski definition) is 4. The Hall–Kier alpha value is -2.73. The van der Waals surface area contributed by atoms with Gasteiger partial charge in [-0.2, -0.15) is 0 Å². The monoisotopic (exact) mass is 310 g/mol. The second-order valence-electron chi connectivity index (χ2n) is 5.38. The first-order valence-corrected chi connectivity index (χ1v) is 7.61. The summed E-state index contributed by atoms with van der Waals surface area (Å²) in [6.07, 6.45) is 1.92. The molecule has 0 atom stereocenters. The smallest absolute Gasteiger partial charge is 0.269 e. The first-order chi connectivity index (χ1) is 11.2. The second kappa shape index (κ2) is 6.58. The fourth-order valence-corrected chi connectivity index (χ4v) is 2.67. The highest BCUT2D eigenvalue weighted by Crippen LogP contribution is 2.26. The summed E-state index contributed by atoms with van der Waals surface area (Å²) in [4.78, 5) is 15.1. The zero-order valence-corrected chi connectivity index (χ0v) is 12.7. The van der Waals surface area contributed by atoms with Gasteiger partial charge in [0.2, 0.25) is 0 Å². The van der Waals surface area contributed by atoms with Crippen molar-refractivity contribution in [3.63, 3.8) is 0 Å². The maximum atomic E-state index is 10.8. The van der Waals surface area contributed by atoms with Crippen LogP contribution < -0.4 is 5.73 Å². The van der Waals surface area contributed by atoms with Crippen LogP contribution in [0.2, 0.25) is 0 Å². The number of rotatable bonds is 6. The summed E-state index contributed by atoms with van der Waals surface area (Å²) in [6.45, 7) is 1.49. The summed E-state index contributed by atoms with van der Waals surface area (Å²) in [6, 6.07) is 14.5. The molecule has 2 N–H and O–H groups in total. The quantitative estimate of drug-likeness (QED) is 0.429. The molecule has 0 unspecified atom stereocenters. The number of non-ortho nitro benzene ring substituents is 1. The van der Waals surface area contributed by atoms with E-state index in [0.717, 1.165) is 41.8 Å². The minimum atomic E-state index is -0.395. The largest absolute Gasteiger partial charge is 0.330 e. The number of aromatic nitrogens is 2. The Kier molecular flexibility index (Phi) is 4.34. The van der Waals surface area contributed by atoms with Gasteiger partial charge in [0.05, 0.1) is 16.0 Å². The van der Waals surface area contributed by atoms with Crippen LogP contribution in [0.5, 0.6) is 0 Å². The number of fused-ring (bicyclic) bond motifs is 1. The molecule has 0 aliphatic rings. The van der Waals surface area contributed by atoms with Gasteiger partial charge >= 0.3 is 0 Å². The van der Waals surface area contributed by atoms with Gasteiger partial charge in [-0.05, 0) is 43.7 Å². The Morgan fingerprint density at radius 1 is 1.09 bits per heavy atom. The third-order valence-corrected chi connectivity index (χ3v) is 3.83. The van der Waals surface area contributed by atoms with Crippen molar-refractivity contribution in [2.75, 3.05) is 6.54 Å². The molecule has 0 bridgehead atoms. The van der Waals surface area contributed by atoms with Gasteiger partial charge < -0.3 is 10.3 Å². The van der Waals surface area contributed by atoms with Crippen molar-refractivity contribution in [3.05, 3.63) is 58.6 Å². The average molecular weight is 310 g/mol. The fourth-order valence-electron chi connectivity index (χ4n) is 2.67. The van der Waals surface area contributed by atoms with E-state index in [1.807, 2.05) is 24.3 Å². The minimum absolute atomic E-state index is 0.0829. The lowest BCUT2D eigenvalue weighted by Crippen LogP contribution is -2.04. The number of nitrogens with two attached hydrogens (primary N) is 1. The molecule has 3 aromatic rings. The highest BCUT2D eigenvalue weighted by atomic mass is 16.6. The number of aryl methyl sites for hydroxylation is 1. The fraction of sp³-hybridized carbons (Fsp3) is 0.235. The molecular formula is C17H18N4O2. The number of imidazole rings is 1. The van der Waals surface area contributed by atoms with Gasteiger partial charge in [-0.15, -0.1) is 0 Å². The van der Waals surface area contributed by atoms with Crippen LogP contribution in [0.4, 0.5) is 5.69 Å². The van der Waals surface area contributed by atoms with Gasteiger partial charge in [0, 0.05) is 24.2 Å². The Morgan fingerprint density at radius 3 is 2.52 bits per heavy atom. The topological polar surface area (TPSA) is 87.0 Å². The lowest BCUT2D eigenvalue weighted by Gasteiger charge is -2.09. The van der Waals surface area contributed by atoms with Crippen LogP contribution in [0.15, 0.2) is 48.5 Å². The maximum absolute atomic E-state index is 10.8. The predicted molar refractivity (Wildman–Crippen MR) is 90.1 cm³/mol. The van der Waals surface area contributed by atoms with E-state index >= 15 is 0 Å². The molecule has 3 rings (SSSR count). The third-order valence-electron chi connectivity index (χ3n) is 3.83. The lowest BCUT2D eigenvalue weighted by atomic mass is 10.2. The van der Waals surface area contributed by atoms with Crippen LogP contribution in [0.1, 0.15) is 12.8 Å². The van der Waals surface area contributed by atoms with Gasteiger partial charge in [0.1, 0.15) is 5.82 Å². The summed E-state index contributed by atoms with van der Waals surface area (Å²) >= 11 is 0. The van der Waals surface area contributed by atoms with Crippen molar-refractivity contribution in [2.45, 2.75) is 19.4 Å². The summed E-state index contributed by atoms with van der Waals surface area (Å²) in [5.41, 5.74) is 8.54. The Morgan fingerprint density at radius 2 is 1.83 bits per heavy atom. The number of nitro groups is 1. The average Bonchev–Trinajstić information content (AvgIpc) is 2.94. The van der Waals surface area contributed by atoms with E-state index in [4.69, 9.17) is 10.7 Å². The number of nitrogens with zero attached hydrogens (tertiary/aromatic N) is 3. The van der Waals surface area contributed by atoms with Crippen molar-refractivity contribution >= 4 is 16.7 Å². The highest BCUT2D eigenvalue weighted by Gasteiger charge is 2.13. The molecule has 0 aliphatic carbocycles. The normalized spacial score (nSPS) is 11.0. The van der Waals surface area contributed by atoms with Crippen LogP contribution in [-0.2, 0) is 6.54 Å². The van der Waals surface area contributed by atoms with Crippen LogP contribution in [-0.4, -0.2) is 21.0 Å². The van der Waals surface area contributed by atoms with Crippen LogP contribution >= 0.6 is 0 Å². The Bertz CT molecular complexity index is 824. The zero-order valence-electron chi connectivity index (χ0n) is 12.7. The molecule has 0 fully saturated rings. The highest BCUT2D eigenvalue weighted by molar-refractivity contribution is 5.80. The summed E-state index contributed by atoms with van der Waals surface area (Å²) in [7, 11) is 0. The van der Waals surface area contributed by atoms with E-state index in [2.05, 4.69) is 4.57 Å². The van der Waals surface area contributed by atoms with Crippen molar-refractivity contribution in [3.8, 4) is 11.4 Å². The summed E-state index contributed by atoms with van der Waals surface area (Å²) in [5, 5.41) is 10.8. The summed E-state index contributed by atoms with van der Waals surface area (Å²) < 4.78 is 2.16. The van der Waals surface area contributed by atoms with Gasteiger partial charge in [0.25, 0.3) is 5.69 Å². The minimum Gasteiger partial charge on any atom is -0.330 e. The summed E-state index contributed by atoms with van der Waals surface area (Å²) in [5.74, 6) is 0.832. The van der Waals surface area contributed by atoms with E-state index in [0.29, 0.717) is 6.54 Å². The Balaban J connectivity index is 2.04. The van der Waals surface area contributed by atoms with E-state index in [1.54, 1.807) is 12.1 Å². The first kappa shape index (κ1) is 15.2. The number of benzene rings is 2. The van der Waals surface area contributed by atoms with E-state index in [9.17, 15) is 10.1 Å². The SMILES string of the molecule is NCCCCn1c(-c2ccc([N+](=O)[O-])cc2)nc2ccccc21. The van der Waals surface area contributed by atoms with Crippen LogP contribution in [0, 0.1) is 10.1 Å². The van der Waals surface area contributed by atoms with Crippen molar-refractivity contribution in [2.24, 2.45) is 5.73 Å². The number of hydrogen-bond donors (Lipinski definition) is 1. The molecule has 23 heavy (non-hydrogen) atoms. The molecule has 6 heteroatoms. The lowest BCUT2D eigenvalue weighted by molar-refractivity contribution is -0.384. The molecule has 118 valence electrons. The second-order valence-corrected chi connectivity index (χ2v) is 5.38. The molecule has 0 aliphatic heterocycles. The van der Waals surface area contributed by atoms with Crippen molar-refractivity contribution in [1.82, 2.24) is 9.55 Å². The van der Waals surface area contributed by atoms with Gasteiger partial charge in [-0.3, -0.25) is 10.1 Å². The Labute approximate surface area is 133 Å². The third kappa shape index (κ3) is 3.07. The molecular weight excluding hydrogens is 292 g/mol. The molecule has 1 aromatic heterocycles. The maximum Gasteiger partial charge on any atom is 0.269 e. The van der Waals surface area contributed by atoms with Crippen molar-refractivity contribution < 1.29 is 4.92 Å². The van der Waals surface area contributed by atoms with Crippen LogP contribution in [0.3, 0.4) is 0 Å². The number of unbranched alkanes of at least 4 members (excludes halogenated alkanes) is 1. The molecule has 1 heterocycles. The molecule has 0 radical (unpaired) electrons. The van der Waals surface area contributed by atoms with E-state index in [1.165, 1.54) is 12.1 Å². The van der Waals surface area contributed by atoms with E-state index < -0.39 is 4.92 Å². The molecule has 0 amide bonds. The predicted octanol–water partition coefficient (Wildman–Crippen LogP) is 3.35. The molecule has 6 nitrogen and oxygen atoms in total. The molecule has 2 aromatic carbocycles. The molecule has 0 saturated heterocycles. The van der Waals surface area contributed by atoms with Gasteiger partial charge in [-0.1, -0.05) is 12.1 Å². The molecule has 0 spiro atoms. The van der Waals surface area contributed by atoms with Crippen LogP contribution in [0.25, 0.3) is 22.4 Å². The van der Waals surface area contributed by atoms with E-state index in [-0.39, 0.29) is 5.69 Å².